The lowest BCUT2D eigenvalue weighted by molar-refractivity contribution is -0.137. The molecule has 2 aromatic rings. The fourth-order valence-electron chi connectivity index (χ4n) is 2.58. The van der Waals surface area contributed by atoms with Crippen molar-refractivity contribution in [1.29, 1.82) is 0 Å². The summed E-state index contributed by atoms with van der Waals surface area (Å²) in [4.78, 5) is 12.4. The smallest absolute Gasteiger partial charge is 0.418 e. The Bertz CT molecular complexity index is 876. The monoisotopic (exact) mass is 475 g/mol. The number of para-hydroxylation sites is 1. The number of nitrogens with one attached hydrogen (secondary N) is 1. The maximum absolute atomic E-state index is 13.1. The minimum atomic E-state index is -4.53. The molecule has 1 heterocycles. The molecule has 1 aliphatic heterocycles. The minimum Gasteiger partial charge on any atom is -0.486 e. The number of amides is 1. The van der Waals surface area contributed by atoms with Crippen molar-refractivity contribution in [2.24, 2.45) is 0 Å². The van der Waals surface area contributed by atoms with Crippen molar-refractivity contribution in [1.82, 2.24) is 0 Å². The molecule has 0 saturated heterocycles. The van der Waals surface area contributed by atoms with Gasteiger partial charge in [0.2, 0.25) is 5.91 Å². The second-order valence-corrected chi connectivity index (χ2v) is 8.26. The predicted octanol–water partition coefficient (Wildman–Crippen LogP) is 5.50. The molecule has 150 valence electrons. The van der Waals surface area contributed by atoms with E-state index in [0.29, 0.717) is 30.5 Å². The molecular weight excluding hydrogens is 459 g/mol. The lowest BCUT2D eigenvalue weighted by Gasteiger charge is -2.20. The Kier molecular flexibility index (Phi) is 6.44. The van der Waals surface area contributed by atoms with Gasteiger partial charge in [0, 0.05) is 10.2 Å². The Labute approximate surface area is 172 Å². The van der Waals surface area contributed by atoms with E-state index in [0.717, 1.165) is 16.1 Å². The standard InChI is InChI=1S/C19H17BrF3NO3S/c1-11(18(25)24-15-5-3-2-4-13(15)19(21,22)23)28-10-12-8-16-17(9-14(12)20)27-7-6-26-16/h2-5,8-9,11H,6-7,10H2,1H3,(H,24,25). The average Bonchev–Trinajstić information content (AvgIpc) is 2.65. The van der Waals surface area contributed by atoms with Crippen LogP contribution in [0.3, 0.4) is 0 Å². The van der Waals surface area contributed by atoms with Gasteiger partial charge in [0.05, 0.1) is 16.5 Å². The number of rotatable bonds is 5. The van der Waals surface area contributed by atoms with E-state index in [1.165, 1.54) is 30.0 Å². The fraction of sp³-hybridized carbons (Fsp3) is 0.316. The van der Waals surface area contributed by atoms with Crippen molar-refractivity contribution in [3.8, 4) is 11.5 Å². The van der Waals surface area contributed by atoms with E-state index < -0.39 is 22.9 Å². The average molecular weight is 476 g/mol. The number of hydrogen-bond donors (Lipinski definition) is 1. The summed E-state index contributed by atoms with van der Waals surface area (Å²) in [5, 5.41) is 1.83. The van der Waals surface area contributed by atoms with Crippen LogP contribution in [0.1, 0.15) is 18.1 Å². The van der Waals surface area contributed by atoms with Gasteiger partial charge in [0.25, 0.3) is 0 Å². The first kappa shape index (κ1) is 20.9. The van der Waals surface area contributed by atoms with Crippen molar-refractivity contribution in [3.05, 3.63) is 52.0 Å². The van der Waals surface area contributed by atoms with E-state index in [4.69, 9.17) is 9.47 Å². The summed E-state index contributed by atoms with van der Waals surface area (Å²) in [6, 6.07) is 8.59. The van der Waals surface area contributed by atoms with Crippen LogP contribution < -0.4 is 14.8 Å². The van der Waals surface area contributed by atoms with Gasteiger partial charge in [-0.1, -0.05) is 28.1 Å². The van der Waals surface area contributed by atoms with Gasteiger partial charge in [-0.15, -0.1) is 11.8 Å². The number of alkyl halides is 3. The first-order chi connectivity index (χ1) is 13.3. The molecule has 3 rings (SSSR count). The summed E-state index contributed by atoms with van der Waals surface area (Å²) in [5.41, 5.74) is -0.201. The van der Waals surface area contributed by atoms with Crippen LogP contribution in [0.4, 0.5) is 18.9 Å². The number of benzene rings is 2. The third-order valence-electron chi connectivity index (χ3n) is 4.06. The number of anilines is 1. The van der Waals surface area contributed by atoms with Crippen LogP contribution in [0.15, 0.2) is 40.9 Å². The number of thioether (sulfide) groups is 1. The van der Waals surface area contributed by atoms with Crippen LogP contribution in [0.5, 0.6) is 11.5 Å². The van der Waals surface area contributed by atoms with Crippen LogP contribution in [0.25, 0.3) is 0 Å². The Morgan fingerprint density at radius 1 is 1.21 bits per heavy atom. The van der Waals surface area contributed by atoms with Crippen molar-refractivity contribution in [2.75, 3.05) is 18.5 Å². The van der Waals surface area contributed by atoms with Crippen molar-refractivity contribution < 1.29 is 27.4 Å². The molecular formula is C19H17BrF3NO3S. The Balaban J connectivity index is 1.64. The molecule has 0 fully saturated rings. The number of fused-ring (bicyclic) bond motifs is 1. The van der Waals surface area contributed by atoms with Crippen LogP contribution in [0.2, 0.25) is 0 Å². The highest BCUT2D eigenvalue weighted by atomic mass is 79.9. The molecule has 0 bridgehead atoms. The molecule has 1 N–H and O–H groups in total. The summed E-state index contributed by atoms with van der Waals surface area (Å²) in [5.74, 6) is 1.28. The molecule has 4 nitrogen and oxygen atoms in total. The fourth-order valence-corrected chi connectivity index (χ4v) is 4.11. The zero-order valence-electron chi connectivity index (χ0n) is 14.8. The first-order valence-corrected chi connectivity index (χ1v) is 10.3. The summed E-state index contributed by atoms with van der Waals surface area (Å²) in [7, 11) is 0. The topological polar surface area (TPSA) is 47.6 Å². The normalized spacial score (nSPS) is 14.5. The number of hydrogen-bond acceptors (Lipinski definition) is 4. The molecule has 1 amide bonds. The molecule has 9 heteroatoms. The largest absolute Gasteiger partial charge is 0.486 e. The van der Waals surface area contributed by atoms with E-state index >= 15 is 0 Å². The number of carbonyl (C=O) groups is 1. The van der Waals surface area contributed by atoms with Crippen molar-refractivity contribution >= 4 is 39.3 Å². The maximum atomic E-state index is 13.1. The Morgan fingerprint density at radius 3 is 2.54 bits per heavy atom. The van der Waals surface area contributed by atoms with E-state index in [2.05, 4.69) is 21.2 Å². The van der Waals surface area contributed by atoms with Gasteiger partial charge in [0.1, 0.15) is 13.2 Å². The van der Waals surface area contributed by atoms with Crippen LogP contribution in [0, 0.1) is 0 Å². The second-order valence-electron chi connectivity index (χ2n) is 6.07. The number of carbonyl (C=O) groups excluding carboxylic acids is 1. The second kappa shape index (κ2) is 8.65. The Morgan fingerprint density at radius 2 is 1.86 bits per heavy atom. The van der Waals surface area contributed by atoms with Gasteiger partial charge < -0.3 is 14.8 Å². The van der Waals surface area contributed by atoms with Gasteiger partial charge >= 0.3 is 6.18 Å². The van der Waals surface area contributed by atoms with Crippen molar-refractivity contribution in [3.63, 3.8) is 0 Å². The quantitative estimate of drug-likeness (QED) is 0.620. The van der Waals surface area contributed by atoms with Crippen LogP contribution in [-0.4, -0.2) is 24.4 Å². The van der Waals surface area contributed by atoms with Crippen LogP contribution in [-0.2, 0) is 16.7 Å². The zero-order valence-corrected chi connectivity index (χ0v) is 17.2. The third kappa shape index (κ3) is 4.94. The van der Waals surface area contributed by atoms with E-state index in [-0.39, 0.29) is 5.69 Å². The highest BCUT2D eigenvalue weighted by Crippen LogP contribution is 2.38. The lowest BCUT2D eigenvalue weighted by atomic mass is 10.1. The molecule has 0 aromatic heterocycles. The zero-order chi connectivity index (χ0) is 20.3. The van der Waals surface area contributed by atoms with Gasteiger partial charge in [0.15, 0.2) is 11.5 Å². The molecule has 1 atom stereocenters. The van der Waals surface area contributed by atoms with Crippen LogP contribution >= 0.6 is 27.7 Å². The molecule has 1 aliphatic rings. The lowest BCUT2D eigenvalue weighted by Crippen LogP contribution is -2.24. The highest BCUT2D eigenvalue weighted by molar-refractivity contribution is 9.10. The molecule has 0 aliphatic carbocycles. The summed E-state index contributed by atoms with van der Waals surface area (Å²) in [6.07, 6.45) is -4.53. The SMILES string of the molecule is CC(SCc1cc2c(cc1Br)OCCO2)C(=O)Nc1ccccc1C(F)(F)F. The molecule has 0 saturated carbocycles. The molecule has 1 unspecified atom stereocenters. The van der Waals surface area contributed by atoms with Gasteiger partial charge in [-0.3, -0.25) is 4.79 Å². The minimum absolute atomic E-state index is 0.243. The molecule has 2 aromatic carbocycles. The molecule has 0 spiro atoms. The van der Waals surface area contributed by atoms with E-state index in [1.54, 1.807) is 6.92 Å². The van der Waals surface area contributed by atoms with Gasteiger partial charge in [-0.2, -0.15) is 13.2 Å². The predicted molar refractivity (Wildman–Crippen MR) is 106 cm³/mol. The van der Waals surface area contributed by atoms with Crippen molar-refractivity contribution in [2.45, 2.75) is 24.1 Å². The highest BCUT2D eigenvalue weighted by Gasteiger charge is 2.33. The summed E-state index contributed by atoms with van der Waals surface area (Å²) >= 11 is 4.79. The van der Waals surface area contributed by atoms with E-state index in [9.17, 15) is 18.0 Å². The molecule has 28 heavy (non-hydrogen) atoms. The third-order valence-corrected chi connectivity index (χ3v) is 5.99. The Hall–Kier alpha value is -1.87. The van der Waals surface area contributed by atoms with Gasteiger partial charge in [-0.25, -0.2) is 0 Å². The molecule has 0 radical (unpaired) electrons. The summed E-state index contributed by atoms with van der Waals surface area (Å²) < 4.78 is 51.1. The van der Waals surface area contributed by atoms with E-state index in [1.807, 2.05) is 12.1 Å². The van der Waals surface area contributed by atoms with Gasteiger partial charge in [-0.05, 0) is 36.8 Å². The maximum Gasteiger partial charge on any atom is 0.418 e. The number of ether oxygens (including phenoxy) is 2. The first-order valence-electron chi connectivity index (χ1n) is 8.42. The summed E-state index contributed by atoms with van der Waals surface area (Å²) in [6.45, 7) is 2.62. The number of halogens is 4.